The third kappa shape index (κ3) is 4.02. The summed E-state index contributed by atoms with van der Waals surface area (Å²) in [4.78, 5) is 38.6. The van der Waals surface area contributed by atoms with Crippen LogP contribution in [0.15, 0.2) is 49.1 Å². The first-order valence-electron chi connectivity index (χ1n) is 11.3. The quantitative estimate of drug-likeness (QED) is 0.452. The number of rotatable bonds is 5. The Labute approximate surface area is 197 Å². The molecule has 0 aliphatic carbocycles. The van der Waals surface area contributed by atoms with Crippen molar-refractivity contribution < 1.29 is 9.53 Å². The Balaban J connectivity index is 1.36. The molecule has 3 aromatic heterocycles. The summed E-state index contributed by atoms with van der Waals surface area (Å²) in [6.45, 7) is 5.65. The number of para-hydroxylation sites is 1. The summed E-state index contributed by atoms with van der Waals surface area (Å²) in [5.74, 6) is 1.84. The van der Waals surface area contributed by atoms with E-state index in [1.165, 1.54) is 6.33 Å². The van der Waals surface area contributed by atoms with Gasteiger partial charge >= 0.3 is 6.03 Å². The summed E-state index contributed by atoms with van der Waals surface area (Å²) in [5, 5.41) is 0. The maximum Gasteiger partial charge on any atom is 0.324 e. The molecular weight excluding hydrogens is 432 g/mol. The minimum Gasteiger partial charge on any atom is -0.471 e. The van der Waals surface area contributed by atoms with Crippen molar-refractivity contribution in [2.45, 2.75) is 32.9 Å². The number of imidazole rings is 1. The SMILES string of the molecule is CCn1c(-c2cnc(C)nc2)nc2c(OC3CCN(C(=O)N(C)c4ccccc4)C3)ncnc21. The molecule has 0 N–H and O–H groups in total. The van der Waals surface area contributed by atoms with Gasteiger partial charge in [-0.05, 0) is 26.0 Å². The first kappa shape index (κ1) is 21.7. The molecule has 10 nitrogen and oxygen atoms in total. The molecule has 34 heavy (non-hydrogen) atoms. The van der Waals surface area contributed by atoms with E-state index < -0.39 is 0 Å². The van der Waals surface area contributed by atoms with Gasteiger partial charge in [-0.2, -0.15) is 4.98 Å². The van der Waals surface area contributed by atoms with Gasteiger partial charge in [-0.25, -0.2) is 24.7 Å². The first-order valence-corrected chi connectivity index (χ1v) is 11.3. The highest BCUT2D eigenvalue weighted by Gasteiger charge is 2.31. The van der Waals surface area contributed by atoms with Gasteiger partial charge in [0.25, 0.3) is 0 Å². The van der Waals surface area contributed by atoms with Crippen molar-refractivity contribution in [3.8, 4) is 17.3 Å². The van der Waals surface area contributed by atoms with Gasteiger partial charge in [0.2, 0.25) is 5.88 Å². The number of carbonyl (C=O) groups is 1. The number of urea groups is 1. The number of benzene rings is 1. The number of likely N-dealkylation sites (tertiary alicyclic amines) is 1. The van der Waals surface area contributed by atoms with Gasteiger partial charge in [-0.1, -0.05) is 18.2 Å². The largest absolute Gasteiger partial charge is 0.471 e. The maximum atomic E-state index is 13.0. The Bertz CT molecular complexity index is 1310. The monoisotopic (exact) mass is 458 g/mol. The Kier molecular flexibility index (Phi) is 5.79. The molecule has 1 fully saturated rings. The predicted molar refractivity (Wildman–Crippen MR) is 128 cm³/mol. The number of hydrogen-bond donors (Lipinski definition) is 0. The van der Waals surface area contributed by atoms with Gasteiger partial charge in [-0.15, -0.1) is 0 Å². The summed E-state index contributed by atoms with van der Waals surface area (Å²) >= 11 is 0. The minimum absolute atomic E-state index is 0.0537. The summed E-state index contributed by atoms with van der Waals surface area (Å²) in [6, 6.07) is 9.55. The summed E-state index contributed by atoms with van der Waals surface area (Å²) in [5.41, 5.74) is 2.94. The zero-order chi connectivity index (χ0) is 23.7. The lowest BCUT2D eigenvalue weighted by atomic mass is 10.3. The predicted octanol–water partition coefficient (Wildman–Crippen LogP) is 3.32. The number of amides is 2. The van der Waals surface area contributed by atoms with Crippen LogP contribution in [-0.2, 0) is 6.54 Å². The number of carbonyl (C=O) groups excluding carboxylic acids is 1. The van der Waals surface area contributed by atoms with Gasteiger partial charge in [-0.3, -0.25) is 4.90 Å². The van der Waals surface area contributed by atoms with E-state index >= 15 is 0 Å². The van der Waals surface area contributed by atoms with Gasteiger partial charge in [0.15, 0.2) is 11.2 Å². The van der Waals surface area contributed by atoms with E-state index in [0.29, 0.717) is 48.9 Å². The number of aryl methyl sites for hydroxylation is 2. The average Bonchev–Trinajstić information content (AvgIpc) is 3.49. The Morgan fingerprint density at radius 1 is 1.15 bits per heavy atom. The smallest absolute Gasteiger partial charge is 0.324 e. The summed E-state index contributed by atoms with van der Waals surface area (Å²) in [7, 11) is 1.79. The zero-order valence-corrected chi connectivity index (χ0v) is 19.4. The summed E-state index contributed by atoms with van der Waals surface area (Å²) < 4.78 is 8.25. The average molecular weight is 459 g/mol. The Morgan fingerprint density at radius 2 is 1.91 bits per heavy atom. The lowest BCUT2D eigenvalue weighted by Gasteiger charge is -2.24. The Morgan fingerprint density at radius 3 is 2.65 bits per heavy atom. The first-order chi connectivity index (χ1) is 16.5. The second-order valence-electron chi connectivity index (χ2n) is 8.20. The van der Waals surface area contributed by atoms with E-state index in [9.17, 15) is 4.79 Å². The molecular formula is C24H26N8O2. The van der Waals surface area contributed by atoms with Crippen LogP contribution in [0, 0.1) is 6.92 Å². The topological polar surface area (TPSA) is 102 Å². The van der Waals surface area contributed by atoms with Gasteiger partial charge in [0, 0.05) is 44.6 Å². The molecule has 174 valence electrons. The highest BCUT2D eigenvalue weighted by Crippen LogP contribution is 2.29. The highest BCUT2D eigenvalue weighted by molar-refractivity contribution is 5.91. The van der Waals surface area contributed by atoms with E-state index in [4.69, 9.17) is 9.72 Å². The van der Waals surface area contributed by atoms with Gasteiger partial charge in [0.1, 0.15) is 24.1 Å². The molecule has 0 bridgehead atoms. The van der Waals surface area contributed by atoms with Crippen LogP contribution in [0.2, 0.25) is 0 Å². The number of anilines is 1. The van der Waals surface area contributed by atoms with Crippen molar-refractivity contribution in [3.05, 3.63) is 54.9 Å². The van der Waals surface area contributed by atoms with Crippen LogP contribution in [0.5, 0.6) is 5.88 Å². The second-order valence-corrected chi connectivity index (χ2v) is 8.20. The van der Waals surface area contributed by atoms with Gasteiger partial charge in [0.05, 0.1) is 12.1 Å². The fourth-order valence-electron chi connectivity index (χ4n) is 4.16. The molecule has 0 spiro atoms. The van der Waals surface area contributed by atoms with E-state index in [0.717, 1.165) is 17.1 Å². The van der Waals surface area contributed by atoms with Crippen LogP contribution < -0.4 is 9.64 Å². The number of nitrogens with zero attached hydrogens (tertiary/aromatic N) is 8. The Hall–Kier alpha value is -4.08. The molecule has 4 heterocycles. The van der Waals surface area contributed by atoms with Crippen molar-refractivity contribution in [3.63, 3.8) is 0 Å². The molecule has 5 rings (SSSR count). The van der Waals surface area contributed by atoms with Gasteiger partial charge < -0.3 is 14.2 Å². The van der Waals surface area contributed by atoms with E-state index in [-0.39, 0.29) is 12.1 Å². The lowest BCUT2D eigenvalue weighted by Crippen LogP contribution is -2.40. The number of hydrogen-bond acceptors (Lipinski definition) is 7. The van der Waals surface area contributed by atoms with Crippen molar-refractivity contribution >= 4 is 22.9 Å². The second kappa shape index (κ2) is 9.05. The van der Waals surface area contributed by atoms with Crippen molar-refractivity contribution in [2.75, 3.05) is 25.0 Å². The van der Waals surface area contributed by atoms with Crippen LogP contribution in [0.3, 0.4) is 0 Å². The molecule has 2 amide bonds. The molecule has 1 unspecified atom stereocenters. The van der Waals surface area contributed by atoms with Crippen LogP contribution in [-0.4, -0.2) is 66.7 Å². The van der Waals surface area contributed by atoms with Crippen LogP contribution >= 0.6 is 0 Å². The van der Waals surface area contributed by atoms with E-state index in [1.807, 2.05) is 48.7 Å². The van der Waals surface area contributed by atoms with Crippen molar-refractivity contribution in [1.82, 2.24) is 34.4 Å². The fraction of sp³-hybridized carbons (Fsp3) is 0.333. The molecule has 1 saturated heterocycles. The molecule has 1 aliphatic rings. The van der Waals surface area contributed by atoms with E-state index in [1.54, 1.807) is 29.2 Å². The molecule has 1 aliphatic heterocycles. The molecule has 0 saturated carbocycles. The number of aromatic nitrogens is 6. The number of ether oxygens (including phenoxy) is 1. The zero-order valence-electron chi connectivity index (χ0n) is 19.4. The third-order valence-corrected chi connectivity index (χ3v) is 5.98. The van der Waals surface area contributed by atoms with Crippen LogP contribution in [0.4, 0.5) is 10.5 Å². The third-order valence-electron chi connectivity index (χ3n) is 5.98. The molecule has 4 aromatic rings. The minimum atomic E-state index is -0.177. The lowest BCUT2D eigenvalue weighted by molar-refractivity contribution is 0.188. The highest BCUT2D eigenvalue weighted by atomic mass is 16.5. The molecule has 1 aromatic carbocycles. The maximum absolute atomic E-state index is 13.0. The standard InChI is InChI=1S/C24H26N8O2/c1-4-32-21(17-12-25-16(2)26-13-17)29-20-22(32)27-15-28-23(20)34-19-10-11-31(14-19)24(33)30(3)18-8-6-5-7-9-18/h5-9,12-13,15,19H,4,10-11,14H2,1-3H3. The molecule has 1 atom stereocenters. The fourth-order valence-corrected chi connectivity index (χ4v) is 4.16. The number of fused-ring (bicyclic) bond motifs is 1. The summed E-state index contributed by atoms with van der Waals surface area (Å²) in [6.07, 6.45) is 5.54. The van der Waals surface area contributed by atoms with E-state index in [2.05, 4.69) is 19.9 Å². The molecule has 10 heteroatoms. The normalized spacial score (nSPS) is 15.6. The van der Waals surface area contributed by atoms with Crippen LogP contribution in [0.1, 0.15) is 19.2 Å². The van der Waals surface area contributed by atoms with Crippen LogP contribution in [0.25, 0.3) is 22.6 Å². The van der Waals surface area contributed by atoms with Crippen molar-refractivity contribution in [2.24, 2.45) is 0 Å². The van der Waals surface area contributed by atoms with Crippen molar-refractivity contribution in [1.29, 1.82) is 0 Å². The molecule has 0 radical (unpaired) electrons.